The Kier molecular flexibility index (Phi) is 6.59. The zero-order valence-electron chi connectivity index (χ0n) is 18.4. The lowest BCUT2D eigenvalue weighted by Gasteiger charge is -2.30. The number of ether oxygens (including phenoxy) is 1. The molecular weight excluding hydrogens is 394 g/mol. The first-order valence-corrected chi connectivity index (χ1v) is 11.2. The Labute approximate surface area is 183 Å². The highest BCUT2D eigenvalue weighted by Crippen LogP contribution is 2.29. The number of oxazole rings is 1. The second kappa shape index (κ2) is 9.54. The number of rotatable bonds is 5. The van der Waals surface area contributed by atoms with Crippen molar-refractivity contribution < 1.29 is 18.7 Å². The maximum Gasteiger partial charge on any atom is 0.276 e. The summed E-state index contributed by atoms with van der Waals surface area (Å²) in [5.74, 6) is 2.03. The molecule has 1 aromatic carbocycles. The molecule has 7 heteroatoms. The largest absolute Gasteiger partial charge is 0.484 e. The summed E-state index contributed by atoms with van der Waals surface area (Å²) in [6.45, 7) is 6.72. The molecule has 2 amide bonds. The molecule has 7 nitrogen and oxygen atoms in total. The molecule has 2 saturated heterocycles. The van der Waals surface area contributed by atoms with Crippen molar-refractivity contribution in [2.45, 2.75) is 51.9 Å². The van der Waals surface area contributed by atoms with Gasteiger partial charge in [-0.1, -0.05) is 12.1 Å². The van der Waals surface area contributed by atoms with Gasteiger partial charge in [0.05, 0.1) is 0 Å². The fraction of sp³-hybridized carbons (Fsp3) is 0.542. The lowest BCUT2D eigenvalue weighted by atomic mass is 9.97. The van der Waals surface area contributed by atoms with Crippen molar-refractivity contribution in [3.8, 4) is 5.75 Å². The van der Waals surface area contributed by atoms with Crippen molar-refractivity contribution in [2.24, 2.45) is 0 Å². The summed E-state index contributed by atoms with van der Waals surface area (Å²) in [6.07, 6.45) is 4.83. The van der Waals surface area contributed by atoms with Gasteiger partial charge in [-0.25, -0.2) is 4.98 Å². The van der Waals surface area contributed by atoms with E-state index < -0.39 is 0 Å². The van der Waals surface area contributed by atoms with Crippen LogP contribution in [0.1, 0.15) is 65.7 Å². The predicted molar refractivity (Wildman–Crippen MR) is 116 cm³/mol. The number of carbonyl (C=O) groups excluding carboxylic acids is 2. The molecule has 3 heterocycles. The van der Waals surface area contributed by atoms with Crippen LogP contribution in [-0.2, 0) is 4.79 Å². The van der Waals surface area contributed by atoms with Gasteiger partial charge in [-0.3, -0.25) is 9.59 Å². The van der Waals surface area contributed by atoms with Gasteiger partial charge >= 0.3 is 0 Å². The molecule has 0 atom stereocenters. The minimum atomic E-state index is -0.0203. The average molecular weight is 426 g/mol. The quantitative estimate of drug-likeness (QED) is 0.730. The lowest BCUT2D eigenvalue weighted by Crippen LogP contribution is -2.40. The van der Waals surface area contributed by atoms with Gasteiger partial charge in [-0.05, 0) is 63.6 Å². The number of carbonyl (C=O) groups is 2. The molecule has 166 valence electrons. The molecule has 0 radical (unpaired) electrons. The standard InChI is InChI=1S/C24H31N3O4/c1-17-7-6-8-20(15-17)30-16-21(28)26-13-9-19(10-14-26)23-25-22(18(2)31-23)24(29)27-11-4-3-5-12-27/h6-8,15,19H,3-5,9-14,16H2,1-2H3. The van der Waals surface area contributed by atoms with E-state index in [1.54, 1.807) is 0 Å². The summed E-state index contributed by atoms with van der Waals surface area (Å²) in [6, 6.07) is 7.70. The molecule has 0 N–H and O–H groups in total. The fourth-order valence-electron chi connectivity index (χ4n) is 4.35. The lowest BCUT2D eigenvalue weighted by molar-refractivity contribution is -0.134. The molecule has 0 aliphatic carbocycles. The van der Waals surface area contributed by atoms with Gasteiger partial charge in [-0.15, -0.1) is 0 Å². The number of likely N-dealkylation sites (tertiary alicyclic amines) is 2. The van der Waals surface area contributed by atoms with Crippen LogP contribution in [0.25, 0.3) is 0 Å². The first kappa shape index (κ1) is 21.4. The van der Waals surface area contributed by atoms with Crippen LogP contribution in [0.15, 0.2) is 28.7 Å². The van der Waals surface area contributed by atoms with Crippen molar-refractivity contribution in [3.05, 3.63) is 47.2 Å². The van der Waals surface area contributed by atoms with Gasteiger partial charge < -0.3 is 19.0 Å². The van der Waals surface area contributed by atoms with E-state index in [1.807, 2.05) is 47.9 Å². The number of aryl methyl sites for hydroxylation is 2. The average Bonchev–Trinajstić information content (AvgIpc) is 3.19. The number of piperidine rings is 2. The van der Waals surface area contributed by atoms with Gasteiger partial charge in [0.2, 0.25) is 0 Å². The molecule has 0 unspecified atom stereocenters. The van der Waals surface area contributed by atoms with E-state index in [-0.39, 0.29) is 24.3 Å². The van der Waals surface area contributed by atoms with E-state index in [9.17, 15) is 9.59 Å². The number of benzene rings is 1. The Balaban J connectivity index is 1.30. The first-order chi connectivity index (χ1) is 15.0. The summed E-state index contributed by atoms with van der Waals surface area (Å²) >= 11 is 0. The van der Waals surface area contributed by atoms with Crippen LogP contribution < -0.4 is 4.74 Å². The van der Waals surface area contributed by atoms with Gasteiger partial charge in [0, 0.05) is 32.1 Å². The third-order valence-electron chi connectivity index (χ3n) is 6.21. The molecule has 2 aliphatic heterocycles. The molecule has 0 bridgehead atoms. The van der Waals surface area contributed by atoms with Crippen molar-refractivity contribution in [1.82, 2.24) is 14.8 Å². The van der Waals surface area contributed by atoms with Crippen LogP contribution >= 0.6 is 0 Å². The maximum atomic E-state index is 12.8. The third kappa shape index (κ3) is 5.09. The maximum absolute atomic E-state index is 12.8. The molecule has 1 aromatic heterocycles. The zero-order chi connectivity index (χ0) is 21.8. The molecule has 2 aliphatic rings. The molecule has 4 rings (SSSR count). The molecular formula is C24H31N3O4. The number of nitrogens with zero attached hydrogens (tertiary/aromatic N) is 3. The third-order valence-corrected chi connectivity index (χ3v) is 6.21. The monoisotopic (exact) mass is 425 g/mol. The summed E-state index contributed by atoms with van der Waals surface area (Å²) in [4.78, 5) is 33.6. The van der Waals surface area contributed by atoms with Gasteiger partial charge in [0.15, 0.2) is 18.2 Å². The molecule has 31 heavy (non-hydrogen) atoms. The molecule has 2 aromatic rings. The highest BCUT2D eigenvalue weighted by molar-refractivity contribution is 5.93. The summed E-state index contributed by atoms with van der Waals surface area (Å²) in [5.41, 5.74) is 1.55. The van der Waals surface area contributed by atoms with E-state index >= 15 is 0 Å². The molecule has 0 spiro atoms. The van der Waals surface area contributed by atoms with Gasteiger partial charge in [-0.2, -0.15) is 0 Å². The van der Waals surface area contributed by atoms with Crippen LogP contribution in [0.2, 0.25) is 0 Å². The topological polar surface area (TPSA) is 75.9 Å². The predicted octanol–water partition coefficient (Wildman–Crippen LogP) is 3.70. The van der Waals surface area contributed by atoms with Crippen molar-refractivity contribution in [3.63, 3.8) is 0 Å². The summed E-state index contributed by atoms with van der Waals surface area (Å²) in [7, 11) is 0. The van der Waals surface area contributed by atoms with Crippen LogP contribution in [0.5, 0.6) is 5.75 Å². The number of amides is 2. The van der Waals surface area contributed by atoms with E-state index in [4.69, 9.17) is 9.15 Å². The number of hydrogen-bond acceptors (Lipinski definition) is 5. The minimum absolute atomic E-state index is 0.00972. The summed E-state index contributed by atoms with van der Waals surface area (Å²) < 4.78 is 11.5. The van der Waals surface area contributed by atoms with Crippen LogP contribution in [0.3, 0.4) is 0 Å². The Morgan fingerprint density at radius 3 is 2.52 bits per heavy atom. The minimum Gasteiger partial charge on any atom is -0.484 e. The van der Waals surface area contributed by atoms with E-state index in [1.165, 1.54) is 6.42 Å². The number of aromatic nitrogens is 1. The van der Waals surface area contributed by atoms with E-state index in [0.717, 1.165) is 44.3 Å². The van der Waals surface area contributed by atoms with Crippen LogP contribution in [0.4, 0.5) is 0 Å². The van der Waals surface area contributed by atoms with Crippen molar-refractivity contribution in [2.75, 3.05) is 32.8 Å². The fourth-order valence-corrected chi connectivity index (χ4v) is 4.35. The highest BCUT2D eigenvalue weighted by atomic mass is 16.5. The number of hydrogen-bond donors (Lipinski definition) is 0. The normalized spacial score (nSPS) is 17.6. The second-order valence-corrected chi connectivity index (χ2v) is 8.57. The van der Waals surface area contributed by atoms with E-state index in [0.29, 0.717) is 36.2 Å². The Morgan fingerprint density at radius 2 is 1.81 bits per heavy atom. The Morgan fingerprint density at radius 1 is 1.06 bits per heavy atom. The molecule has 0 saturated carbocycles. The van der Waals surface area contributed by atoms with Crippen molar-refractivity contribution >= 4 is 11.8 Å². The van der Waals surface area contributed by atoms with Gasteiger partial charge in [0.1, 0.15) is 11.5 Å². The van der Waals surface area contributed by atoms with Gasteiger partial charge in [0.25, 0.3) is 11.8 Å². The second-order valence-electron chi connectivity index (χ2n) is 8.57. The summed E-state index contributed by atoms with van der Waals surface area (Å²) in [5, 5.41) is 0. The van der Waals surface area contributed by atoms with E-state index in [2.05, 4.69) is 4.98 Å². The SMILES string of the molecule is Cc1cccc(OCC(=O)N2CCC(c3nc(C(=O)N4CCCCC4)c(C)o3)CC2)c1. The Bertz CT molecular complexity index is 925. The Hall–Kier alpha value is -2.83. The first-order valence-electron chi connectivity index (χ1n) is 11.2. The van der Waals surface area contributed by atoms with Crippen molar-refractivity contribution in [1.29, 1.82) is 0 Å². The molecule has 2 fully saturated rings. The highest BCUT2D eigenvalue weighted by Gasteiger charge is 2.30. The smallest absolute Gasteiger partial charge is 0.276 e. The van der Waals surface area contributed by atoms with Crippen LogP contribution in [0, 0.1) is 13.8 Å². The van der Waals surface area contributed by atoms with Crippen LogP contribution in [-0.4, -0.2) is 59.4 Å². The zero-order valence-corrected chi connectivity index (χ0v) is 18.4.